The third-order valence-electron chi connectivity index (χ3n) is 2.91. The molecule has 0 spiro atoms. The zero-order valence-corrected chi connectivity index (χ0v) is 11.1. The highest BCUT2D eigenvalue weighted by Crippen LogP contribution is 2.16. The lowest BCUT2D eigenvalue weighted by atomic mass is 10.2. The lowest BCUT2D eigenvalue weighted by Gasteiger charge is -2.27. The van der Waals surface area contributed by atoms with Crippen LogP contribution in [0.3, 0.4) is 0 Å². The van der Waals surface area contributed by atoms with Gasteiger partial charge in [0.25, 0.3) is 0 Å². The van der Waals surface area contributed by atoms with Gasteiger partial charge in [0.15, 0.2) is 0 Å². The SMILES string of the molecule is COC(C)CN(CCCN)c1ccc(C)cc1. The molecule has 0 radical (unpaired) electrons. The van der Waals surface area contributed by atoms with Crippen molar-refractivity contribution >= 4 is 5.69 Å². The van der Waals surface area contributed by atoms with E-state index < -0.39 is 0 Å². The summed E-state index contributed by atoms with van der Waals surface area (Å²) in [5, 5.41) is 0. The molecule has 1 atom stereocenters. The molecule has 0 amide bonds. The minimum absolute atomic E-state index is 0.231. The molecule has 1 aromatic rings. The summed E-state index contributed by atoms with van der Waals surface area (Å²) in [4.78, 5) is 2.33. The van der Waals surface area contributed by atoms with Crippen molar-refractivity contribution in [1.29, 1.82) is 0 Å². The Labute approximate surface area is 105 Å². The second-order valence-corrected chi connectivity index (χ2v) is 4.47. The summed E-state index contributed by atoms with van der Waals surface area (Å²) in [6.07, 6.45) is 1.23. The van der Waals surface area contributed by atoms with Gasteiger partial charge in [0, 0.05) is 25.9 Å². The number of rotatable bonds is 7. The van der Waals surface area contributed by atoms with Crippen LogP contribution in [0.25, 0.3) is 0 Å². The Hall–Kier alpha value is -1.06. The molecule has 0 fully saturated rings. The minimum atomic E-state index is 0.231. The Morgan fingerprint density at radius 1 is 1.29 bits per heavy atom. The van der Waals surface area contributed by atoms with Gasteiger partial charge in [-0.3, -0.25) is 0 Å². The van der Waals surface area contributed by atoms with E-state index in [9.17, 15) is 0 Å². The van der Waals surface area contributed by atoms with Crippen LogP contribution < -0.4 is 10.6 Å². The van der Waals surface area contributed by atoms with Gasteiger partial charge >= 0.3 is 0 Å². The molecule has 0 bridgehead atoms. The number of benzene rings is 1. The Bertz CT molecular complexity index is 311. The van der Waals surface area contributed by atoms with E-state index in [1.807, 2.05) is 0 Å². The molecule has 0 aliphatic carbocycles. The maximum atomic E-state index is 5.58. The normalized spacial score (nSPS) is 12.5. The van der Waals surface area contributed by atoms with Crippen LogP contribution in [0.1, 0.15) is 18.9 Å². The Morgan fingerprint density at radius 2 is 1.94 bits per heavy atom. The molecule has 1 unspecified atom stereocenters. The van der Waals surface area contributed by atoms with E-state index in [1.165, 1.54) is 11.3 Å². The van der Waals surface area contributed by atoms with E-state index in [0.717, 1.165) is 26.1 Å². The lowest BCUT2D eigenvalue weighted by molar-refractivity contribution is 0.123. The number of hydrogen-bond donors (Lipinski definition) is 1. The van der Waals surface area contributed by atoms with Gasteiger partial charge in [0.1, 0.15) is 0 Å². The van der Waals surface area contributed by atoms with Crippen molar-refractivity contribution < 1.29 is 4.74 Å². The minimum Gasteiger partial charge on any atom is -0.380 e. The Balaban J connectivity index is 2.70. The third-order valence-corrected chi connectivity index (χ3v) is 2.91. The van der Waals surface area contributed by atoms with Crippen molar-refractivity contribution in [2.45, 2.75) is 26.4 Å². The molecule has 0 heterocycles. The van der Waals surface area contributed by atoms with E-state index in [4.69, 9.17) is 10.5 Å². The topological polar surface area (TPSA) is 38.5 Å². The zero-order chi connectivity index (χ0) is 12.7. The van der Waals surface area contributed by atoms with Crippen LogP contribution in [0.5, 0.6) is 0 Å². The van der Waals surface area contributed by atoms with Crippen molar-refractivity contribution in [2.24, 2.45) is 5.73 Å². The highest BCUT2D eigenvalue weighted by atomic mass is 16.5. The van der Waals surface area contributed by atoms with Gasteiger partial charge in [-0.05, 0) is 38.9 Å². The fraction of sp³-hybridized carbons (Fsp3) is 0.571. The molecular weight excluding hydrogens is 212 g/mol. The summed E-state index contributed by atoms with van der Waals surface area (Å²) in [6.45, 7) is 6.80. The molecule has 3 nitrogen and oxygen atoms in total. The number of hydrogen-bond acceptors (Lipinski definition) is 3. The van der Waals surface area contributed by atoms with E-state index in [2.05, 4.69) is 43.0 Å². The van der Waals surface area contributed by atoms with E-state index in [0.29, 0.717) is 0 Å². The molecule has 0 saturated carbocycles. The standard InChI is InChI=1S/C14H24N2O/c1-12-5-7-14(8-6-12)16(10-4-9-15)11-13(2)17-3/h5-8,13H,4,9-11,15H2,1-3H3. The van der Waals surface area contributed by atoms with Crippen LogP contribution in [-0.4, -0.2) is 32.8 Å². The summed E-state index contributed by atoms with van der Waals surface area (Å²) in [6, 6.07) is 8.60. The Morgan fingerprint density at radius 3 is 2.47 bits per heavy atom. The van der Waals surface area contributed by atoms with E-state index in [-0.39, 0.29) is 6.10 Å². The fourth-order valence-corrected chi connectivity index (χ4v) is 1.75. The largest absolute Gasteiger partial charge is 0.380 e. The lowest BCUT2D eigenvalue weighted by Crippen LogP contribution is -2.33. The summed E-state index contributed by atoms with van der Waals surface area (Å²) in [5.41, 5.74) is 8.11. The first-order chi connectivity index (χ1) is 8.17. The number of nitrogens with zero attached hydrogens (tertiary/aromatic N) is 1. The second kappa shape index (κ2) is 7.30. The molecule has 17 heavy (non-hydrogen) atoms. The van der Waals surface area contributed by atoms with E-state index >= 15 is 0 Å². The first kappa shape index (κ1) is 14.0. The maximum Gasteiger partial charge on any atom is 0.0718 e. The molecule has 2 N–H and O–H groups in total. The average molecular weight is 236 g/mol. The first-order valence-corrected chi connectivity index (χ1v) is 6.22. The predicted molar refractivity (Wildman–Crippen MR) is 73.5 cm³/mol. The molecule has 0 aromatic heterocycles. The van der Waals surface area contributed by atoms with Gasteiger partial charge in [-0.15, -0.1) is 0 Å². The van der Waals surface area contributed by atoms with Crippen molar-refractivity contribution in [2.75, 3.05) is 31.6 Å². The van der Waals surface area contributed by atoms with Gasteiger partial charge in [-0.25, -0.2) is 0 Å². The van der Waals surface area contributed by atoms with Gasteiger partial charge in [0.2, 0.25) is 0 Å². The Kier molecular flexibility index (Phi) is 6.01. The summed E-state index contributed by atoms with van der Waals surface area (Å²) >= 11 is 0. The van der Waals surface area contributed by atoms with Gasteiger partial charge in [-0.2, -0.15) is 0 Å². The van der Waals surface area contributed by atoms with Gasteiger partial charge in [0.05, 0.1) is 6.10 Å². The summed E-state index contributed by atoms with van der Waals surface area (Å²) in [7, 11) is 1.75. The summed E-state index contributed by atoms with van der Waals surface area (Å²) in [5.74, 6) is 0. The molecule has 96 valence electrons. The number of methoxy groups -OCH3 is 1. The smallest absolute Gasteiger partial charge is 0.0718 e. The van der Waals surface area contributed by atoms with Gasteiger partial charge in [-0.1, -0.05) is 17.7 Å². The fourth-order valence-electron chi connectivity index (χ4n) is 1.75. The van der Waals surface area contributed by atoms with E-state index in [1.54, 1.807) is 7.11 Å². The average Bonchev–Trinajstić information content (AvgIpc) is 2.35. The highest BCUT2D eigenvalue weighted by molar-refractivity contribution is 5.47. The predicted octanol–water partition coefficient (Wildman–Crippen LogP) is 2.19. The molecule has 0 aliphatic heterocycles. The van der Waals surface area contributed by atoms with Crippen LogP contribution in [0.2, 0.25) is 0 Å². The molecule has 1 aromatic carbocycles. The quantitative estimate of drug-likeness (QED) is 0.788. The van der Waals surface area contributed by atoms with Crippen molar-refractivity contribution in [1.82, 2.24) is 0 Å². The van der Waals surface area contributed by atoms with Crippen LogP contribution in [0.4, 0.5) is 5.69 Å². The first-order valence-electron chi connectivity index (χ1n) is 6.22. The molecular formula is C14H24N2O. The highest BCUT2D eigenvalue weighted by Gasteiger charge is 2.09. The molecule has 3 heteroatoms. The van der Waals surface area contributed by atoms with Crippen molar-refractivity contribution in [3.63, 3.8) is 0 Å². The zero-order valence-electron chi connectivity index (χ0n) is 11.1. The number of anilines is 1. The van der Waals surface area contributed by atoms with Gasteiger partial charge < -0.3 is 15.4 Å². The molecule has 0 aliphatic rings. The van der Waals surface area contributed by atoms with Crippen molar-refractivity contribution in [3.05, 3.63) is 29.8 Å². The number of aryl methyl sites for hydroxylation is 1. The molecule has 1 rings (SSSR count). The van der Waals surface area contributed by atoms with Crippen LogP contribution in [0, 0.1) is 6.92 Å². The number of ether oxygens (including phenoxy) is 1. The third kappa shape index (κ3) is 4.75. The van der Waals surface area contributed by atoms with Crippen molar-refractivity contribution in [3.8, 4) is 0 Å². The summed E-state index contributed by atoms with van der Waals surface area (Å²) < 4.78 is 5.33. The second-order valence-electron chi connectivity index (χ2n) is 4.47. The van der Waals surface area contributed by atoms with Crippen LogP contribution >= 0.6 is 0 Å². The number of nitrogens with two attached hydrogens (primary N) is 1. The monoisotopic (exact) mass is 236 g/mol. The van der Waals surface area contributed by atoms with Crippen LogP contribution in [-0.2, 0) is 4.74 Å². The van der Waals surface area contributed by atoms with Crippen LogP contribution in [0.15, 0.2) is 24.3 Å². The maximum absolute atomic E-state index is 5.58. The molecule has 0 saturated heterocycles.